The molecule has 2 saturated heterocycles. The summed E-state index contributed by atoms with van der Waals surface area (Å²) in [5.74, 6) is 0.970. The van der Waals surface area contributed by atoms with Gasteiger partial charge >= 0.3 is 0 Å². The number of rotatable bonds is 2. The van der Waals surface area contributed by atoms with Crippen LogP contribution in [0.3, 0.4) is 0 Å². The number of fused-ring (bicyclic) bond motifs is 5. The van der Waals surface area contributed by atoms with Crippen LogP contribution in [0.5, 0.6) is 5.75 Å². The molecule has 0 unspecified atom stereocenters. The van der Waals surface area contributed by atoms with E-state index in [0.717, 1.165) is 40.5 Å². The minimum atomic E-state index is 0.347. The Morgan fingerprint density at radius 2 is 1.70 bits per heavy atom. The van der Waals surface area contributed by atoms with Crippen LogP contribution in [0.25, 0.3) is 21.9 Å². The second-order valence-corrected chi connectivity index (χ2v) is 7.02. The fraction of sp³-hybridized carbons (Fsp3) is 0.400. The smallest absolute Gasteiger partial charge is 0.135 e. The highest BCUT2D eigenvalue weighted by molar-refractivity contribution is 6.05. The molecular formula is C20H21NO2. The number of nitrogens with zero attached hydrogens (tertiary/aromatic N) is 1. The molecule has 3 heteroatoms. The zero-order valence-corrected chi connectivity index (χ0v) is 13.4. The number of hydrogen-bond acceptors (Lipinski definition) is 3. The summed E-state index contributed by atoms with van der Waals surface area (Å²) in [4.78, 5) is 2.55. The third kappa shape index (κ3) is 2.14. The summed E-state index contributed by atoms with van der Waals surface area (Å²) in [5, 5.41) is 2.31. The predicted molar refractivity (Wildman–Crippen MR) is 91.9 cm³/mol. The molecule has 118 valence electrons. The quantitative estimate of drug-likeness (QED) is 0.692. The van der Waals surface area contributed by atoms with Crippen LogP contribution in [0.1, 0.15) is 25.7 Å². The summed E-state index contributed by atoms with van der Waals surface area (Å²) in [7, 11) is 2.27. The maximum Gasteiger partial charge on any atom is 0.135 e. The zero-order valence-electron chi connectivity index (χ0n) is 13.4. The molecule has 0 radical (unpaired) electrons. The van der Waals surface area contributed by atoms with E-state index >= 15 is 0 Å². The molecule has 3 nitrogen and oxygen atoms in total. The van der Waals surface area contributed by atoms with E-state index in [9.17, 15) is 0 Å². The molecule has 2 aromatic carbocycles. The van der Waals surface area contributed by atoms with Gasteiger partial charge in [-0.25, -0.2) is 0 Å². The monoisotopic (exact) mass is 307 g/mol. The van der Waals surface area contributed by atoms with Crippen LogP contribution in [0.15, 0.2) is 46.9 Å². The number of hydrogen-bond donors (Lipinski definition) is 0. The highest BCUT2D eigenvalue weighted by Crippen LogP contribution is 2.37. The highest BCUT2D eigenvalue weighted by atomic mass is 16.5. The maximum atomic E-state index is 6.34. The van der Waals surface area contributed by atoms with Crippen molar-refractivity contribution in [3.63, 3.8) is 0 Å². The van der Waals surface area contributed by atoms with Gasteiger partial charge in [-0.1, -0.05) is 18.2 Å². The average molecular weight is 307 g/mol. The minimum absolute atomic E-state index is 0.347. The third-order valence-corrected chi connectivity index (χ3v) is 5.71. The van der Waals surface area contributed by atoms with Gasteiger partial charge in [0.1, 0.15) is 23.0 Å². The van der Waals surface area contributed by atoms with E-state index in [1.165, 1.54) is 12.8 Å². The normalized spacial score (nSPS) is 27.8. The summed E-state index contributed by atoms with van der Waals surface area (Å²) >= 11 is 0. The summed E-state index contributed by atoms with van der Waals surface area (Å²) < 4.78 is 12.2. The van der Waals surface area contributed by atoms with Crippen molar-refractivity contribution >= 4 is 21.9 Å². The molecule has 0 aliphatic carbocycles. The van der Waals surface area contributed by atoms with Crippen molar-refractivity contribution in [1.29, 1.82) is 0 Å². The molecule has 3 heterocycles. The molecule has 5 rings (SSSR count). The van der Waals surface area contributed by atoms with Crippen molar-refractivity contribution in [3.05, 3.63) is 42.5 Å². The van der Waals surface area contributed by atoms with Gasteiger partial charge in [0.15, 0.2) is 0 Å². The zero-order chi connectivity index (χ0) is 15.4. The van der Waals surface area contributed by atoms with Gasteiger partial charge in [0.2, 0.25) is 0 Å². The Balaban J connectivity index is 1.46. The van der Waals surface area contributed by atoms with Crippen molar-refractivity contribution in [2.24, 2.45) is 0 Å². The van der Waals surface area contributed by atoms with Crippen LogP contribution >= 0.6 is 0 Å². The molecule has 23 heavy (non-hydrogen) atoms. The molecule has 2 fully saturated rings. The van der Waals surface area contributed by atoms with E-state index in [1.54, 1.807) is 0 Å². The number of benzene rings is 2. The molecule has 1 aromatic heterocycles. The molecule has 2 aliphatic heterocycles. The van der Waals surface area contributed by atoms with Gasteiger partial charge in [-0.3, -0.25) is 0 Å². The molecule has 3 aromatic rings. The second kappa shape index (κ2) is 5.00. The van der Waals surface area contributed by atoms with Gasteiger partial charge in [0.05, 0.1) is 0 Å². The first-order valence-electron chi connectivity index (χ1n) is 8.58. The molecule has 0 saturated carbocycles. The van der Waals surface area contributed by atoms with E-state index in [2.05, 4.69) is 30.1 Å². The molecule has 3 atom stereocenters. The van der Waals surface area contributed by atoms with E-state index in [4.69, 9.17) is 9.15 Å². The first-order chi connectivity index (χ1) is 11.3. The van der Waals surface area contributed by atoms with Crippen molar-refractivity contribution in [1.82, 2.24) is 4.90 Å². The van der Waals surface area contributed by atoms with E-state index < -0.39 is 0 Å². The third-order valence-electron chi connectivity index (χ3n) is 5.71. The maximum absolute atomic E-state index is 6.34. The Morgan fingerprint density at radius 3 is 2.52 bits per heavy atom. The summed E-state index contributed by atoms with van der Waals surface area (Å²) in [5.41, 5.74) is 1.87. The van der Waals surface area contributed by atoms with Gasteiger partial charge in [-0.15, -0.1) is 0 Å². The molecule has 0 amide bonds. The molecule has 0 spiro atoms. The SMILES string of the molecule is CN1[C@@H]2CC[C@H]1C[C@H](Oc1ccc3oc4ccccc4c3c1)C2. The molecule has 0 N–H and O–H groups in total. The lowest BCUT2D eigenvalue weighted by atomic mass is 10.0. The van der Waals surface area contributed by atoms with Crippen LogP contribution in [0, 0.1) is 0 Å². The molecule has 2 aliphatic rings. The lowest BCUT2D eigenvalue weighted by molar-refractivity contribution is 0.0662. The summed E-state index contributed by atoms with van der Waals surface area (Å²) in [6.07, 6.45) is 5.30. The van der Waals surface area contributed by atoms with Crippen molar-refractivity contribution < 1.29 is 9.15 Å². The van der Waals surface area contributed by atoms with Gasteiger partial charge in [-0.05, 0) is 57.0 Å². The van der Waals surface area contributed by atoms with Gasteiger partial charge in [0.25, 0.3) is 0 Å². The number of furan rings is 1. The van der Waals surface area contributed by atoms with Crippen LogP contribution in [-0.4, -0.2) is 30.1 Å². The Hall–Kier alpha value is -2.00. The standard InChI is InChI=1S/C20H21NO2/c1-21-13-6-7-14(21)11-16(10-13)22-15-8-9-20-18(12-15)17-4-2-3-5-19(17)23-20/h2-5,8-9,12-14,16H,6-7,10-11H2,1H3/t13-,14+,16-. The van der Waals surface area contributed by atoms with Crippen LogP contribution in [0.2, 0.25) is 0 Å². The summed E-state index contributed by atoms with van der Waals surface area (Å²) in [6.45, 7) is 0. The Kier molecular flexibility index (Phi) is 2.92. The van der Waals surface area contributed by atoms with Crippen LogP contribution in [0.4, 0.5) is 0 Å². The fourth-order valence-corrected chi connectivity index (χ4v) is 4.43. The highest BCUT2D eigenvalue weighted by Gasteiger charge is 2.39. The topological polar surface area (TPSA) is 25.6 Å². The van der Waals surface area contributed by atoms with Crippen molar-refractivity contribution in [2.45, 2.75) is 43.9 Å². The first kappa shape index (κ1) is 13.4. The molecule has 2 bridgehead atoms. The van der Waals surface area contributed by atoms with Crippen LogP contribution in [-0.2, 0) is 0 Å². The first-order valence-corrected chi connectivity index (χ1v) is 8.58. The largest absolute Gasteiger partial charge is 0.490 e. The predicted octanol–water partition coefficient (Wildman–Crippen LogP) is 4.59. The second-order valence-electron chi connectivity index (χ2n) is 7.02. The van der Waals surface area contributed by atoms with Crippen molar-refractivity contribution in [3.8, 4) is 5.75 Å². The van der Waals surface area contributed by atoms with Crippen molar-refractivity contribution in [2.75, 3.05) is 7.05 Å². The van der Waals surface area contributed by atoms with E-state index in [0.29, 0.717) is 18.2 Å². The average Bonchev–Trinajstić information content (AvgIpc) is 3.00. The Bertz CT molecular complexity index is 854. The van der Waals surface area contributed by atoms with Gasteiger partial charge in [0, 0.05) is 22.9 Å². The van der Waals surface area contributed by atoms with Gasteiger partial charge in [-0.2, -0.15) is 0 Å². The minimum Gasteiger partial charge on any atom is -0.490 e. The Labute approximate surface area is 135 Å². The lowest BCUT2D eigenvalue weighted by Crippen LogP contribution is -2.43. The number of piperidine rings is 1. The van der Waals surface area contributed by atoms with Crippen LogP contribution < -0.4 is 4.74 Å². The van der Waals surface area contributed by atoms with Gasteiger partial charge < -0.3 is 14.1 Å². The Morgan fingerprint density at radius 1 is 0.957 bits per heavy atom. The summed E-state index contributed by atoms with van der Waals surface area (Å²) in [6, 6.07) is 15.8. The fourth-order valence-electron chi connectivity index (χ4n) is 4.43. The lowest BCUT2D eigenvalue weighted by Gasteiger charge is -2.36. The van der Waals surface area contributed by atoms with E-state index in [1.807, 2.05) is 24.3 Å². The van der Waals surface area contributed by atoms with E-state index in [-0.39, 0.29) is 0 Å². The molecular weight excluding hydrogens is 286 g/mol. The number of para-hydroxylation sites is 1. The number of ether oxygens (including phenoxy) is 1.